The molecule has 0 saturated carbocycles. The number of unbranched alkanes of at least 4 members (excludes halogenated alkanes) is 1. The molecule has 4 aromatic rings. The van der Waals surface area contributed by atoms with Crippen molar-refractivity contribution in [1.82, 2.24) is 14.5 Å². The van der Waals surface area contributed by atoms with Crippen molar-refractivity contribution < 1.29 is 0 Å². The van der Waals surface area contributed by atoms with Gasteiger partial charge in [-0.05, 0) is 42.0 Å². The minimum Gasteiger partial charge on any atom is -0.301 e. The van der Waals surface area contributed by atoms with Gasteiger partial charge in [0, 0.05) is 22.5 Å². The Kier molecular flexibility index (Phi) is 5.46. The number of aromatic nitrogens is 3. The van der Waals surface area contributed by atoms with Crippen LogP contribution < -0.4 is 0 Å². The smallest absolute Gasteiger partial charge is 0.149 e. The molecule has 0 aliphatic carbocycles. The summed E-state index contributed by atoms with van der Waals surface area (Å²) in [5.74, 6) is 1.06. The molecule has 5 heteroatoms. The highest BCUT2D eigenvalue weighted by Crippen LogP contribution is 2.37. The molecule has 0 fully saturated rings. The van der Waals surface area contributed by atoms with E-state index < -0.39 is 0 Å². The number of halogens is 1. The number of nitrogens with zero attached hydrogens (tertiary/aromatic N) is 3. The fourth-order valence-electron chi connectivity index (χ4n) is 3.09. The molecule has 2 aromatic heterocycles. The van der Waals surface area contributed by atoms with Gasteiger partial charge < -0.3 is 4.57 Å². The van der Waals surface area contributed by atoms with E-state index in [4.69, 9.17) is 11.6 Å². The van der Waals surface area contributed by atoms with Crippen LogP contribution in [0.25, 0.3) is 27.8 Å². The van der Waals surface area contributed by atoms with Crippen molar-refractivity contribution in [1.29, 1.82) is 0 Å². The lowest BCUT2D eigenvalue weighted by molar-refractivity contribution is 0.894. The van der Waals surface area contributed by atoms with Gasteiger partial charge in [-0.1, -0.05) is 55.3 Å². The molecule has 2 aromatic carbocycles. The van der Waals surface area contributed by atoms with Crippen LogP contribution in [0, 0.1) is 0 Å². The first-order chi connectivity index (χ1) is 13.3. The number of thioether (sulfide) groups is 1. The highest BCUT2D eigenvalue weighted by atomic mass is 35.5. The summed E-state index contributed by atoms with van der Waals surface area (Å²) in [4.78, 5) is 9.22. The molecule has 0 bridgehead atoms. The van der Waals surface area contributed by atoms with Crippen LogP contribution in [0.1, 0.15) is 19.8 Å². The molecule has 3 nitrogen and oxygen atoms in total. The molecule has 0 saturated heterocycles. The minimum absolute atomic E-state index is 0.726. The molecule has 0 radical (unpaired) electrons. The second-order valence-corrected chi connectivity index (χ2v) is 7.85. The van der Waals surface area contributed by atoms with Crippen LogP contribution in [-0.2, 0) is 0 Å². The number of rotatable bonds is 6. The van der Waals surface area contributed by atoms with Crippen LogP contribution >= 0.6 is 23.4 Å². The van der Waals surface area contributed by atoms with Gasteiger partial charge in [-0.15, -0.1) is 11.8 Å². The molecule has 0 spiro atoms. The monoisotopic (exact) mass is 393 g/mol. The third-order valence-corrected chi connectivity index (χ3v) is 5.80. The maximum atomic E-state index is 6.08. The van der Waals surface area contributed by atoms with Crippen molar-refractivity contribution in [3.05, 3.63) is 72.1 Å². The van der Waals surface area contributed by atoms with Crippen LogP contribution in [0.4, 0.5) is 0 Å². The number of hydrogen-bond acceptors (Lipinski definition) is 3. The van der Waals surface area contributed by atoms with Gasteiger partial charge in [-0.25, -0.2) is 9.97 Å². The molecular formula is C22H20ClN3S. The van der Waals surface area contributed by atoms with E-state index in [1.165, 1.54) is 18.4 Å². The van der Waals surface area contributed by atoms with Crippen LogP contribution in [0.15, 0.2) is 72.1 Å². The predicted octanol–water partition coefficient (Wildman–Crippen LogP) is 6.63. The Balaban J connectivity index is 1.92. The first kappa shape index (κ1) is 18.1. The van der Waals surface area contributed by atoms with Crippen molar-refractivity contribution in [3.8, 4) is 16.8 Å². The molecule has 2 heterocycles. The van der Waals surface area contributed by atoms with Crippen LogP contribution in [0.2, 0.25) is 5.02 Å². The summed E-state index contributed by atoms with van der Waals surface area (Å²) in [6.45, 7) is 2.21. The Morgan fingerprint density at radius 2 is 1.78 bits per heavy atom. The van der Waals surface area contributed by atoms with E-state index in [0.717, 1.165) is 38.1 Å². The molecule has 0 N–H and O–H groups in total. The fraction of sp³-hybridized carbons (Fsp3) is 0.182. The van der Waals surface area contributed by atoms with E-state index in [1.807, 2.05) is 42.1 Å². The summed E-state index contributed by atoms with van der Waals surface area (Å²) in [6.07, 6.45) is 6.17. The highest BCUT2D eigenvalue weighted by Gasteiger charge is 2.17. The quantitative estimate of drug-likeness (QED) is 0.209. The molecule has 0 unspecified atom stereocenters. The Hall–Kier alpha value is -2.30. The Morgan fingerprint density at radius 1 is 1.00 bits per heavy atom. The summed E-state index contributed by atoms with van der Waals surface area (Å²) < 4.78 is 2.12. The molecule has 136 valence electrons. The van der Waals surface area contributed by atoms with Gasteiger partial charge in [0.05, 0.1) is 5.39 Å². The average Bonchev–Trinajstić information content (AvgIpc) is 3.10. The third kappa shape index (κ3) is 3.73. The number of benzene rings is 2. The van der Waals surface area contributed by atoms with Crippen LogP contribution in [-0.4, -0.2) is 20.3 Å². The topological polar surface area (TPSA) is 30.7 Å². The summed E-state index contributed by atoms with van der Waals surface area (Å²) in [5.41, 5.74) is 4.28. The lowest BCUT2D eigenvalue weighted by Gasteiger charge is -2.06. The van der Waals surface area contributed by atoms with E-state index in [9.17, 15) is 0 Å². The van der Waals surface area contributed by atoms with E-state index >= 15 is 0 Å². The Morgan fingerprint density at radius 3 is 2.52 bits per heavy atom. The largest absolute Gasteiger partial charge is 0.301 e. The minimum atomic E-state index is 0.726. The molecule has 0 aliphatic heterocycles. The lowest BCUT2D eigenvalue weighted by Crippen LogP contribution is -1.95. The van der Waals surface area contributed by atoms with E-state index in [2.05, 4.69) is 51.9 Å². The first-order valence-electron chi connectivity index (χ1n) is 9.08. The summed E-state index contributed by atoms with van der Waals surface area (Å²) in [5, 5.41) is 2.88. The zero-order valence-corrected chi connectivity index (χ0v) is 16.7. The van der Waals surface area contributed by atoms with Crippen LogP contribution in [0.5, 0.6) is 0 Å². The van der Waals surface area contributed by atoms with Gasteiger partial charge in [-0.3, -0.25) is 0 Å². The Labute approximate surface area is 168 Å². The van der Waals surface area contributed by atoms with Crippen molar-refractivity contribution in [2.45, 2.75) is 24.8 Å². The normalized spacial score (nSPS) is 11.2. The van der Waals surface area contributed by atoms with Gasteiger partial charge in [-0.2, -0.15) is 0 Å². The van der Waals surface area contributed by atoms with Gasteiger partial charge in [0.15, 0.2) is 0 Å². The maximum Gasteiger partial charge on any atom is 0.149 e. The molecular weight excluding hydrogens is 374 g/mol. The average molecular weight is 394 g/mol. The molecule has 27 heavy (non-hydrogen) atoms. The van der Waals surface area contributed by atoms with Crippen LogP contribution in [0.3, 0.4) is 0 Å². The molecule has 0 atom stereocenters. The molecule has 0 aliphatic rings. The Bertz CT molecular complexity index is 1040. The maximum absolute atomic E-state index is 6.08. The van der Waals surface area contributed by atoms with Gasteiger partial charge in [0.2, 0.25) is 0 Å². The predicted molar refractivity (Wildman–Crippen MR) is 115 cm³/mol. The summed E-state index contributed by atoms with van der Waals surface area (Å²) in [7, 11) is 0. The molecule has 4 rings (SSSR count). The fourth-order valence-corrected chi connectivity index (χ4v) is 4.31. The van der Waals surface area contributed by atoms with E-state index in [1.54, 1.807) is 6.33 Å². The SMILES string of the molecule is CCCCSc1ncnc2c1c(-c1ccccc1)cn2-c1ccc(Cl)cc1. The van der Waals surface area contributed by atoms with Gasteiger partial charge in [0.25, 0.3) is 0 Å². The van der Waals surface area contributed by atoms with Crippen molar-refractivity contribution in [2.75, 3.05) is 5.75 Å². The summed E-state index contributed by atoms with van der Waals surface area (Å²) in [6, 6.07) is 18.3. The third-order valence-electron chi connectivity index (χ3n) is 4.47. The van der Waals surface area contributed by atoms with Crippen molar-refractivity contribution >= 4 is 34.4 Å². The highest BCUT2D eigenvalue weighted by molar-refractivity contribution is 7.99. The molecule has 0 amide bonds. The van der Waals surface area contributed by atoms with E-state index in [0.29, 0.717) is 0 Å². The van der Waals surface area contributed by atoms with Gasteiger partial charge in [0.1, 0.15) is 17.0 Å². The lowest BCUT2D eigenvalue weighted by atomic mass is 10.1. The zero-order valence-electron chi connectivity index (χ0n) is 15.1. The van der Waals surface area contributed by atoms with Crippen molar-refractivity contribution in [2.24, 2.45) is 0 Å². The van der Waals surface area contributed by atoms with Gasteiger partial charge >= 0.3 is 0 Å². The number of fused-ring (bicyclic) bond motifs is 1. The van der Waals surface area contributed by atoms with E-state index in [-0.39, 0.29) is 0 Å². The zero-order chi connectivity index (χ0) is 18.6. The summed E-state index contributed by atoms with van der Waals surface area (Å²) >= 11 is 7.89. The first-order valence-corrected chi connectivity index (χ1v) is 10.4. The second-order valence-electron chi connectivity index (χ2n) is 6.33. The standard InChI is InChI=1S/C22H20ClN3S/c1-2-3-13-27-22-20-19(16-7-5-4-6-8-16)14-26(21(20)24-15-25-22)18-11-9-17(23)10-12-18/h4-12,14-15H,2-3,13H2,1H3. The second kappa shape index (κ2) is 8.15. The number of hydrogen-bond donors (Lipinski definition) is 0. The van der Waals surface area contributed by atoms with Crippen molar-refractivity contribution in [3.63, 3.8) is 0 Å².